The first-order valence-corrected chi connectivity index (χ1v) is 8.24. The number of piperidine rings is 1. The minimum absolute atomic E-state index is 0.714. The molecule has 2 atom stereocenters. The Hall–Kier alpha value is -1.77. The van der Waals surface area contributed by atoms with Crippen LogP contribution in [0, 0.1) is 5.92 Å². The molecule has 1 aliphatic heterocycles. The molecule has 1 saturated carbocycles. The van der Waals surface area contributed by atoms with Crippen molar-refractivity contribution in [1.29, 1.82) is 0 Å². The maximum Gasteiger partial charge on any atom is 0.129 e. The van der Waals surface area contributed by atoms with Gasteiger partial charge in [0.1, 0.15) is 5.82 Å². The summed E-state index contributed by atoms with van der Waals surface area (Å²) in [6, 6.07) is 11.0. The maximum absolute atomic E-state index is 5.85. The predicted molar refractivity (Wildman–Crippen MR) is 88.5 cm³/mol. The number of hydrogen-bond acceptors (Lipinski definition) is 3. The second-order valence-corrected chi connectivity index (χ2v) is 6.57. The number of fused-ring (bicyclic) bond motifs is 2. The average molecular weight is 281 g/mol. The van der Waals surface area contributed by atoms with E-state index in [0.717, 1.165) is 34.9 Å². The molecule has 110 valence electrons. The van der Waals surface area contributed by atoms with E-state index in [1.807, 2.05) is 18.2 Å². The average Bonchev–Trinajstić information content (AvgIpc) is 2.54. The van der Waals surface area contributed by atoms with E-state index in [1.54, 1.807) is 0 Å². The van der Waals surface area contributed by atoms with Gasteiger partial charge in [-0.3, -0.25) is 0 Å². The van der Waals surface area contributed by atoms with Crippen molar-refractivity contribution in [2.24, 2.45) is 5.92 Å². The van der Waals surface area contributed by atoms with Crippen LogP contribution in [0.4, 0.5) is 11.5 Å². The molecule has 2 fully saturated rings. The summed E-state index contributed by atoms with van der Waals surface area (Å²) < 4.78 is 0. The lowest BCUT2D eigenvalue weighted by molar-refractivity contribution is 0.243. The molecule has 0 bridgehead atoms. The van der Waals surface area contributed by atoms with Crippen molar-refractivity contribution in [3.63, 3.8) is 0 Å². The summed E-state index contributed by atoms with van der Waals surface area (Å²) in [5, 5.41) is 1.14. The molecular formula is C18H23N3. The zero-order chi connectivity index (χ0) is 14.2. The largest absolute Gasteiger partial charge is 0.399 e. The highest BCUT2D eigenvalue weighted by molar-refractivity contribution is 5.83. The molecule has 2 heterocycles. The molecule has 2 aromatic rings. The Kier molecular flexibility index (Phi) is 3.21. The third-order valence-corrected chi connectivity index (χ3v) is 5.24. The Morgan fingerprint density at radius 2 is 1.86 bits per heavy atom. The molecule has 3 heteroatoms. The van der Waals surface area contributed by atoms with E-state index >= 15 is 0 Å². The Morgan fingerprint density at radius 1 is 1.00 bits per heavy atom. The van der Waals surface area contributed by atoms with Gasteiger partial charge in [0.15, 0.2) is 0 Å². The van der Waals surface area contributed by atoms with Crippen molar-refractivity contribution in [2.45, 2.75) is 44.6 Å². The number of pyridine rings is 1. The number of hydrogen-bond donors (Lipinski definition) is 1. The normalized spacial score (nSPS) is 25.8. The summed E-state index contributed by atoms with van der Waals surface area (Å²) in [7, 11) is 0. The van der Waals surface area contributed by atoms with Crippen molar-refractivity contribution >= 4 is 22.4 Å². The van der Waals surface area contributed by atoms with Crippen LogP contribution in [0.15, 0.2) is 30.3 Å². The first-order valence-electron chi connectivity index (χ1n) is 8.24. The van der Waals surface area contributed by atoms with E-state index in [4.69, 9.17) is 10.7 Å². The van der Waals surface area contributed by atoms with Crippen LogP contribution in [0.1, 0.15) is 38.5 Å². The van der Waals surface area contributed by atoms with E-state index in [2.05, 4.69) is 17.0 Å². The Bertz CT molecular complexity index is 650. The molecule has 0 radical (unpaired) electrons. The molecule has 21 heavy (non-hydrogen) atoms. The summed E-state index contributed by atoms with van der Waals surface area (Å²) in [4.78, 5) is 7.47. The van der Waals surface area contributed by atoms with Crippen LogP contribution in [0.2, 0.25) is 0 Å². The molecular weight excluding hydrogens is 258 g/mol. The summed E-state index contributed by atoms with van der Waals surface area (Å²) >= 11 is 0. The van der Waals surface area contributed by atoms with Gasteiger partial charge in [-0.05, 0) is 61.9 Å². The number of rotatable bonds is 1. The van der Waals surface area contributed by atoms with Gasteiger partial charge in [0.25, 0.3) is 0 Å². The number of benzene rings is 1. The Balaban J connectivity index is 1.69. The zero-order valence-corrected chi connectivity index (χ0v) is 12.5. The zero-order valence-electron chi connectivity index (χ0n) is 12.5. The van der Waals surface area contributed by atoms with E-state index < -0.39 is 0 Å². The first-order chi connectivity index (χ1) is 10.3. The minimum atomic E-state index is 0.714. The molecule has 1 aliphatic carbocycles. The SMILES string of the molecule is Nc1ccc2nc(N3CCCC4CCCCC43)ccc2c1. The van der Waals surface area contributed by atoms with Gasteiger partial charge in [-0.25, -0.2) is 4.98 Å². The summed E-state index contributed by atoms with van der Waals surface area (Å²) in [5.74, 6) is 2.04. The lowest BCUT2D eigenvalue weighted by Crippen LogP contribution is -2.47. The lowest BCUT2D eigenvalue weighted by Gasteiger charge is -2.44. The second kappa shape index (κ2) is 5.21. The van der Waals surface area contributed by atoms with Gasteiger partial charge < -0.3 is 10.6 Å². The molecule has 1 aromatic carbocycles. The van der Waals surface area contributed by atoms with Gasteiger partial charge in [-0.15, -0.1) is 0 Å². The standard InChI is InChI=1S/C18H23N3/c19-15-8-9-16-14(12-15)7-10-18(20-16)21-11-3-5-13-4-1-2-6-17(13)21/h7-10,12-13,17H,1-6,11,19H2. The fourth-order valence-corrected chi connectivity index (χ4v) is 4.20. The van der Waals surface area contributed by atoms with E-state index in [9.17, 15) is 0 Å². The summed E-state index contributed by atoms with van der Waals surface area (Å²) in [5.41, 5.74) is 7.72. The van der Waals surface area contributed by atoms with Crippen molar-refractivity contribution in [2.75, 3.05) is 17.2 Å². The molecule has 4 rings (SSSR count). The third-order valence-electron chi connectivity index (χ3n) is 5.24. The van der Waals surface area contributed by atoms with Gasteiger partial charge in [0, 0.05) is 23.7 Å². The van der Waals surface area contributed by atoms with Crippen LogP contribution in [0.5, 0.6) is 0 Å². The van der Waals surface area contributed by atoms with Gasteiger partial charge in [-0.2, -0.15) is 0 Å². The quantitative estimate of drug-likeness (QED) is 0.804. The maximum atomic E-state index is 5.85. The molecule has 2 N–H and O–H groups in total. The van der Waals surface area contributed by atoms with E-state index in [0.29, 0.717) is 6.04 Å². The van der Waals surface area contributed by atoms with Crippen molar-refractivity contribution in [1.82, 2.24) is 4.98 Å². The second-order valence-electron chi connectivity index (χ2n) is 6.57. The highest BCUT2D eigenvalue weighted by Gasteiger charge is 2.33. The monoisotopic (exact) mass is 281 g/mol. The van der Waals surface area contributed by atoms with Crippen LogP contribution < -0.4 is 10.6 Å². The predicted octanol–water partition coefficient (Wildman–Crippen LogP) is 3.98. The highest BCUT2D eigenvalue weighted by atomic mass is 15.2. The number of aromatic nitrogens is 1. The third kappa shape index (κ3) is 2.35. The first kappa shape index (κ1) is 12.9. The summed E-state index contributed by atoms with van der Waals surface area (Å²) in [6.07, 6.45) is 8.26. The Labute approximate surface area is 126 Å². The smallest absolute Gasteiger partial charge is 0.129 e. The van der Waals surface area contributed by atoms with Crippen LogP contribution in [-0.2, 0) is 0 Å². The number of anilines is 2. The van der Waals surface area contributed by atoms with Crippen molar-refractivity contribution < 1.29 is 0 Å². The summed E-state index contributed by atoms with van der Waals surface area (Å²) in [6.45, 7) is 1.16. The van der Waals surface area contributed by atoms with E-state index in [-0.39, 0.29) is 0 Å². The molecule has 3 nitrogen and oxygen atoms in total. The molecule has 0 spiro atoms. The van der Waals surface area contributed by atoms with Crippen LogP contribution in [-0.4, -0.2) is 17.6 Å². The molecule has 0 amide bonds. The van der Waals surface area contributed by atoms with Crippen LogP contribution in [0.25, 0.3) is 10.9 Å². The highest BCUT2D eigenvalue weighted by Crippen LogP contribution is 2.37. The fourth-order valence-electron chi connectivity index (χ4n) is 4.20. The fraction of sp³-hybridized carbons (Fsp3) is 0.500. The number of nitrogen functional groups attached to an aromatic ring is 1. The molecule has 1 saturated heterocycles. The molecule has 2 unspecified atom stereocenters. The van der Waals surface area contributed by atoms with Gasteiger partial charge in [-0.1, -0.05) is 12.8 Å². The Morgan fingerprint density at radius 3 is 2.81 bits per heavy atom. The van der Waals surface area contributed by atoms with Crippen LogP contribution >= 0.6 is 0 Å². The number of nitrogens with two attached hydrogens (primary N) is 1. The van der Waals surface area contributed by atoms with Crippen molar-refractivity contribution in [3.05, 3.63) is 30.3 Å². The topological polar surface area (TPSA) is 42.1 Å². The van der Waals surface area contributed by atoms with Crippen LogP contribution in [0.3, 0.4) is 0 Å². The lowest BCUT2D eigenvalue weighted by atomic mass is 9.78. The van der Waals surface area contributed by atoms with Gasteiger partial charge in [0.05, 0.1) is 5.52 Å². The van der Waals surface area contributed by atoms with Gasteiger partial charge >= 0.3 is 0 Å². The van der Waals surface area contributed by atoms with Crippen molar-refractivity contribution in [3.8, 4) is 0 Å². The minimum Gasteiger partial charge on any atom is -0.399 e. The van der Waals surface area contributed by atoms with Gasteiger partial charge in [0.2, 0.25) is 0 Å². The number of nitrogens with zero attached hydrogens (tertiary/aromatic N) is 2. The molecule has 1 aromatic heterocycles. The molecule has 2 aliphatic rings. The van der Waals surface area contributed by atoms with E-state index in [1.165, 1.54) is 38.5 Å².